The number of ether oxygens (including phenoxy) is 2. The number of ketones is 1. The molecule has 0 unspecified atom stereocenters. The summed E-state index contributed by atoms with van der Waals surface area (Å²) < 4.78 is 19.9. The van der Waals surface area contributed by atoms with Crippen LogP contribution in [0.4, 0.5) is 5.69 Å². The van der Waals surface area contributed by atoms with Gasteiger partial charge >= 0.3 is 257 Å². The number of nitrogens with zero attached hydrogens (tertiary/aromatic N) is 2. The van der Waals surface area contributed by atoms with Crippen LogP contribution >= 0.6 is 6.98 Å². The van der Waals surface area contributed by atoms with Crippen molar-refractivity contribution in [1.82, 2.24) is 4.67 Å². The van der Waals surface area contributed by atoms with Crippen LogP contribution in [-0.2, 0) is 29.2 Å². The molecule has 224 valence electrons. The Kier molecular flexibility index (Phi) is 7.25. The standard InChI is InChI=1S/C35H33N2O6P/c1-41-33(39)29-31(34(40)42-2)44(3,4)37(35(29,26-19-11-6-12-20-26)27-21-13-7-14-22-27)32(30(38)25-17-9-5-10-18-25)36(43-44)28-23-15-8-16-24-28/h5-24,32H,1-4H3/t32-/m0/s1. The molecule has 4 aromatic carbocycles. The number of anilines is 1. The molecule has 4 aromatic rings. The van der Waals surface area contributed by atoms with E-state index in [-0.39, 0.29) is 16.7 Å². The Balaban J connectivity index is 1.82. The fraction of sp³-hybridized carbons (Fsp3) is 0.171. The van der Waals surface area contributed by atoms with Crippen molar-refractivity contribution in [2.45, 2.75) is 11.7 Å². The maximum absolute atomic E-state index is 14.9. The van der Waals surface area contributed by atoms with Crippen molar-refractivity contribution in [3.63, 3.8) is 0 Å². The number of methoxy groups -OCH3 is 2. The van der Waals surface area contributed by atoms with Gasteiger partial charge in [-0.05, 0) is 0 Å². The maximum atomic E-state index is 14.9. The zero-order valence-corrected chi connectivity index (χ0v) is 25.8. The van der Waals surface area contributed by atoms with E-state index in [1.807, 2.05) is 115 Å². The summed E-state index contributed by atoms with van der Waals surface area (Å²) in [4.78, 5) is 43.2. The van der Waals surface area contributed by atoms with Crippen molar-refractivity contribution in [2.24, 2.45) is 0 Å². The molecule has 1 fully saturated rings. The molecular formula is C35H33N2O6P. The molecule has 0 amide bonds. The number of carbonyl (C=O) groups is 3. The molecule has 6 rings (SSSR count). The van der Waals surface area contributed by atoms with Crippen molar-refractivity contribution in [3.8, 4) is 0 Å². The fourth-order valence-electron chi connectivity index (χ4n) is 6.75. The van der Waals surface area contributed by atoms with Crippen LogP contribution in [0.3, 0.4) is 0 Å². The Morgan fingerprint density at radius 2 is 1.14 bits per heavy atom. The molecule has 2 aliphatic rings. The molecule has 1 saturated heterocycles. The first-order valence-corrected chi connectivity index (χ1v) is 17.2. The molecule has 44 heavy (non-hydrogen) atoms. The van der Waals surface area contributed by atoms with Crippen LogP contribution in [0.15, 0.2) is 132 Å². The van der Waals surface area contributed by atoms with Gasteiger partial charge < -0.3 is 0 Å². The topological polar surface area (TPSA) is 85.4 Å². The third kappa shape index (κ3) is 4.14. The Morgan fingerprint density at radius 1 is 0.682 bits per heavy atom. The van der Waals surface area contributed by atoms with E-state index in [2.05, 4.69) is 0 Å². The molecule has 0 spiro atoms. The number of carbonyl (C=O) groups excluding carboxylic acids is 3. The van der Waals surface area contributed by atoms with E-state index in [0.717, 1.165) is 0 Å². The molecule has 0 aromatic heterocycles. The van der Waals surface area contributed by atoms with Crippen LogP contribution in [0.2, 0.25) is 0 Å². The van der Waals surface area contributed by atoms with E-state index < -0.39 is 30.6 Å². The zero-order valence-electron chi connectivity index (χ0n) is 24.9. The Hall–Kier alpha value is -4.62. The first-order valence-electron chi connectivity index (χ1n) is 14.2. The third-order valence-electron chi connectivity index (χ3n) is 8.44. The van der Waals surface area contributed by atoms with Crippen LogP contribution in [0, 0.1) is 0 Å². The second-order valence-electron chi connectivity index (χ2n) is 11.3. The van der Waals surface area contributed by atoms with Crippen molar-refractivity contribution in [2.75, 3.05) is 32.6 Å². The summed E-state index contributed by atoms with van der Waals surface area (Å²) in [5.41, 5.74) is 0.941. The van der Waals surface area contributed by atoms with Crippen molar-refractivity contribution in [1.29, 1.82) is 0 Å². The van der Waals surface area contributed by atoms with Crippen LogP contribution in [0.5, 0.6) is 0 Å². The summed E-state index contributed by atoms with van der Waals surface area (Å²) >= 11 is 0. The molecule has 0 aliphatic carbocycles. The van der Waals surface area contributed by atoms with E-state index in [9.17, 15) is 14.4 Å². The molecule has 8 nitrogen and oxygen atoms in total. The Morgan fingerprint density at radius 3 is 1.61 bits per heavy atom. The molecule has 1 atom stereocenters. The SMILES string of the molecule is COC(=O)C1=C(C(=O)OC)P2(C)(C)ON(c3ccccc3)[C@H](C(=O)c3ccccc3)N2C1(c1ccccc1)c1ccccc1. The van der Waals surface area contributed by atoms with Crippen LogP contribution in [0.25, 0.3) is 0 Å². The number of hydroxylamine groups is 1. The minimum absolute atomic E-state index is 0.0577. The van der Waals surface area contributed by atoms with Crippen molar-refractivity contribution >= 4 is 30.4 Å². The predicted molar refractivity (Wildman–Crippen MR) is 170 cm³/mol. The van der Waals surface area contributed by atoms with E-state index in [1.165, 1.54) is 14.2 Å². The number of fused-ring (bicyclic) bond motifs is 1. The van der Waals surface area contributed by atoms with Crippen molar-refractivity contribution < 1.29 is 28.5 Å². The van der Waals surface area contributed by atoms with Crippen LogP contribution < -0.4 is 5.06 Å². The summed E-state index contributed by atoms with van der Waals surface area (Å²) in [7, 11) is 2.55. The van der Waals surface area contributed by atoms with Crippen LogP contribution in [-0.4, -0.2) is 56.1 Å². The molecule has 0 saturated carbocycles. The number of benzene rings is 4. The number of rotatable bonds is 7. The minimum atomic E-state index is -4.30. The first-order chi connectivity index (χ1) is 21.2. The van der Waals surface area contributed by atoms with Gasteiger partial charge in [0.05, 0.1) is 0 Å². The summed E-state index contributed by atoms with van der Waals surface area (Å²) in [5, 5.41) is 1.65. The number of esters is 2. The van der Waals surface area contributed by atoms with Gasteiger partial charge in [0.1, 0.15) is 0 Å². The Bertz CT molecular complexity index is 1720. The van der Waals surface area contributed by atoms with E-state index in [0.29, 0.717) is 22.4 Å². The number of para-hydroxylation sites is 1. The van der Waals surface area contributed by atoms with Gasteiger partial charge in [-0.1, -0.05) is 0 Å². The average molecular weight is 609 g/mol. The second kappa shape index (κ2) is 10.8. The van der Waals surface area contributed by atoms with Gasteiger partial charge in [-0.2, -0.15) is 0 Å². The average Bonchev–Trinajstić information content (AvgIpc) is 3.45. The quantitative estimate of drug-likeness (QED) is 0.140. The van der Waals surface area contributed by atoms with Gasteiger partial charge in [0.25, 0.3) is 0 Å². The monoisotopic (exact) mass is 608 g/mol. The normalized spacial score (nSPS) is 20.7. The van der Waals surface area contributed by atoms with E-state index in [4.69, 9.17) is 14.1 Å². The van der Waals surface area contributed by atoms with Crippen LogP contribution in [0.1, 0.15) is 21.5 Å². The number of hydrogen-bond acceptors (Lipinski definition) is 8. The molecule has 9 heteroatoms. The summed E-state index contributed by atoms with van der Waals surface area (Å²) in [6, 6.07) is 37.0. The molecule has 0 bridgehead atoms. The summed E-state index contributed by atoms with van der Waals surface area (Å²) in [5.74, 6) is -1.72. The second-order valence-corrected chi connectivity index (χ2v) is 16.2. The third-order valence-corrected chi connectivity index (χ3v) is 12.6. The molecule has 0 N–H and O–H groups in total. The van der Waals surface area contributed by atoms with Gasteiger partial charge in [-0.3, -0.25) is 0 Å². The first kappa shape index (κ1) is 29.5. The van der Waals surface area contributed by atoms with E-state index >= 15 is 0 Å². The predicted octanol–water partition coefficient (Wildman–Crippen LogP) is 6.15. The fourth-order valence-corrected chi connectivity index (χ4v) is 11.4. The number of hydrogen-bond donors (Lipinski definition) is 0. The van der Waals surface area contributed by atoms with Crippen molar-refractivity contribution in [3.05, 3.63) is 149 Å². The zero-order chi connectivity index (χ0) is 31.1. The number of Topliss-reactive ketones (excluding diaryl/α,β-unsaturated/α-hetero) is 1. The summed E-state index contributed by atoms with van der Waals surface area (Å²) in [6.07, 6.45) is -1.12. The van der Waals surface area contributed by atoms with Gasteiger partial charge in [0, 0.05) is 0 Å². The van der Waals surface area contributed by atoms with Gasteiger partial charge in [0.15, 0.2) is 0 Å². The molecule has 2 aliphatic heterocycles. The van der Waals surface area contributed by atoms with Gasteiger partial charge in [0.2, 0.25) is 0 Å². The van der Waals surface area contributed by atoms with E-state index in [1.54, 1.807) is 29.3 Å². The van der Waals surface area contributed by atoms with Gasteiger partial charge in [-0.25, -0.2) is 0 Å². The summed E-state index contributed by atoms with van der Waals surface area (Å²) in [6.45, 7) is -0.628. The molecule has 0 radical (unpaired) electrons. The molecular weight excluding hydrogens is 575 g/mol. The van der Waals surface area contributed by atoms with Gasteiger partial charge in [-0.15, -0.1) is 0 Å². The molecule has 2 heterocycles. The Labute approximate surface area is 256 Å².